The molecule has 0 spiro atoms. The second-order valence-electron chi connectivity index (χ2n) is 6.06. The standard InChI is InChI=1S/C4H3N2O2S.3C4H9.Sn/c7-4(8)6-3-5-1-2-9-3;3*1-3-4-2;/h2H,(H,5,6)(H,7,8);3*1,3-4H2,2H3;. The summed E-state index contributed by atoms with van der Waals surface area (Å²) in [6, 6.07) is 0. The van der Waals surface area contributed by atoms with Crippen LogP contribution in [-0.2, 0) is 0 Å². The Labute approximate surface area is 142 Å². The summed E-state index contributed by atoms with van der Waals surface area (Å²) >= 11 is -1.02. The Morgan fingerprint density at radius 1 is 1.14 bits per heavy atom. The van der Waals surface area contributed by atoms with E-state index in [0.717, 1.165) is 0 Å². The van der Waals surface area contributed by atoms with Gasteiger partial charge in [0, 0.05) is 0 Å². The van der Waals surface area contributed by atoms with Crippen LogP contribution >= 0.6 is 11.3 Å². The van der Waals surface area contributed by atoms with E-state index in [9.17, 15) is 4.79 Å². The number of nitrogens with one attached hydrogen (secondary N) is 1. The third-order valence-corrected chi connectivity index (χ3v) is 20.7. The van der Waals surface area contributed by atoms with Gasteiger partial charge in [0.05, 0.1) is 0 Å². The molecule has 1 aromatic rings. The van der Waals surface area contributed by atoms with Crippen LogP contribution in [0.15, 0.2) is 5.38 Å². The maximum atomic E-state index is 10.8. The third-order valence-electron chi connectivity index (χ3n) is 4.29. The number of anilines is 1. The number of aromatic nitrogens is 1. The van der Waals surface area contributed by atoms with Crippen LogP contribution in [0, 0.1) is 0 Å². The van der Waals surface area contributed by atoms with Crippen molar-refractivity contribution in [1.29, 1.82) is 0 Å². The molecular weight excluding hydrogens is 403 g/mol. The van der Waals surface area contributed by atoms with Crippen molar-refractivity contribution >= 4 is 44.6 Å². The Bertz CT molecular complexity index is 429. The Balaban J connectivity index is 3.02. The SMILES string of the molecule is CCC[CH2][Sn]([CH2]CCC)([CH2]CCC)[c]1csc(NC(=O)O)n1. The number of thiazole rings is 1. The molecule has 1 aromatic heterocycles. The van der Waals surface area contributed by atoms with Crippen molar-refractivity contribution in [3.05, 3.63) is 5.38 Å². The van der Waals surface area contributed by atoms with Crippen molar-refractivity contribution in [1.82, 2.24) is 4.98 Å². The average molecular weight is 433 g/mol. The minimum atomic E-state index is -2.48. The molecule has 0 aliphatic heterocycles. The van der Waals surface area contributed by atoms with Gasteiger partial charge in [-0.1, -0.05) is 0 Å². The first kappa shape index (κ1) is 19.7. The molecule has 0 aliphatic rings. The Hall–Kier alpha value is -0.301. The number of unbranched alkanes of at least 4 members (excludes halogenated alkanes) is 3. The number of rotatable bonds is 11. The zero-order valence-corrected chi connectivity index (χ0v) is 17.8. The number of carbonyl (C=O) groups is 1. The fourth-order valence-electron chi connectivity index (χ4n) is 2.97. The van der Waals surface area contributed by atoms with Crippen LogP contribution in [0.4, 0.5) is 9.93 Å². The number of hydrogen-bond donors (Lipinski definition) is 2. The molecule has 126 valence electrons. The van der Waals surface area contributed by atoms with Crippen LogP contribution in [-0.4, -0.2) is 34.6 Å². The first-order valence-corrected chi connectivity index (χ1v) is 16.9. The maximum absolute atomic E-state index is 10.8. The van der Waals surface area contributed by atoms with Gasteiger partial charge in [-0.3, -0.25) is 0 Å². The van der Waals surface area contributed by atoms with Crippen LogP contribution in [0.2, 0.25) is 13.3 Å². The summed E-state index contributed by atoms with van der Waals surface area (Å²) < 4.78 is 5.39. The topological polar surface area (TPSA) is 62.2 Å². The predicted molar refractivity (Wildman–Crippen MR) is 98.3 cm³/mol. The summed E-state index contributed by atoms with van der Waals surface area (Å²) in [5, 5.41) is 14.0. The molecule has 1 heterocycles. The summed E-state index contributed by atoms with van der Waals surface area (Å²) in [7, 11) is 0. The Morgan fingerprint density at radius 2 is 1.64 bits per heavy atom. The molecule has 0 aliphatic carbocycles. The molecule has 0 radical (unpaired) electrons. The zero-order chi connectivity index (χ0) is 16.4. The van der Waals surface area contributed by atoms with E-state index in [0.29, 0.717) is 5.13 Å². The molecule has 0 saturated carbocycles. The van der Waals surface area contributed by atoms with Crippen LogP contribution in [0.1, 0.15) is 59.3 Å². The third kappa shape index (κ3) is 6.07. The van der Waals surface area contributed by atoms with Gasteiger partial charge < -0.3 is 0 Å². The monoisotopic (exact) mass is 434 g/mol. The van der Waals surface area contributed by atoms with Gasteiger partial charge >= 0.3 is 143 Å². The van der Waals surface area contributed by atoms with Gasteiger partial charge in [-0.2, -0.15) is 0 Å². The molecule has 0 fully saturated rings. The van der Waals surface area contributed by atoms with Gasteiger partial charge in [0.2, 0.25) is 0 Å². The van der Waals surface area contributed by atoms with E-state index in [1.165, 1.54) is 66.9 Å². The zero-order valence-electron chi connectivity index (χ0n) is 14.2. The second-order valence-corrected chi connectivity index (χ2v) is 20.0. The molecule has 0 aromatic carbocycles. The van der Waals surface area contributed by atoms with Crippen LogP contribution < -0.4 is 9.03 Å². The van der Waals surface area contributed by atoms with Crippen LogP contribution in [0.25, 0.3) is 0 Å². The number of nitrogens with zero attached hydrogens (tertiary/aromatic N) is 1. The summed E-state index contributed by atoms with van der Waals surface area (Å²) in [5.74, 6) is 0. The van der Waals surface area contributed by atoms with E-state index < -0.39 is 24.5 Å². The van der Waals surface area contributed by atoms with Crippen LogP contribution in [0.3, 0.4) is 0 Å². The molecule has 1 rings (SSSR count). The molecule has 22 heavy (non-hydrogen) atoms. The molecule has 0 atom stereocenters. The Morgan fingerprint density at radius 3 is 2.05 bits per heavy atom. The van der Waals surface area contributed by atoms with Crippen molar-refractivity contribution in [2.45, 2.75) is 72.6 Å². The molecular formula is C16H30N2O2SSn. The molecule has 2 N–H and O–H groups in total. The van der Waals surface area contributed by atoms with Gasteiger partial charge in [0.1, 0.15) is 0 Å². The van der Waals surface area contributed by atoms with Gasteiger partial charge in [-0.25, -0.2) is 0 Å². The van der Waals surface area contributed by atoms with E-state index in [4.69, 9.17) is 10.1 Å². The van der Waals surface area contributed by atoms with E-state index in [1.807, 2.05) is 0 Å². The normalized spacial score (nSPS) is 11.6. The summed E-state index contributed by atoms with van der Waals surface area (Å²) in [6.45, 7) is 6.78. The van der Waals surface area contributed by atoms with E-state index in [1.54, 1.807) is 0 Å². The summed E-state index contributed by atoms with van der Waals surface area (Å²) in [6.07, 6.45) is 6.58. The van der Waals surface area contributed by atoms with Gasteiger partial charge in [-0.15, -0.1) is 0 Å². The van der Waals surface area contributed by atoms with Crippen molar-refractivity contribution in [3.8, 4) is 0 Å². The van der Waals surface area contributed by atoms with Crippen molar-refractivity contribution in [3.63, 3.8) is 0 Å². The average Bonchev–Trinajstić information content (AvgIpc) is 2.95. The van der Waals surface area contributed by atoms with E-state index in [2.05, 4.69) is 31.5 Å². The molecule has 0 unspecified atom stereocenters. The predicted octanol–water partition coefficient (Wildman–Crippen LogP) is 5.29. The molecule has 4 nitrogen and oxygen atoms in total. The molecule has 0 bridgehead atoms. The van der Waals surface area contributed by atoms with Gasteiger partial charge in [0.25, 0.3) is 0 Å². The molecule has 6 heteroatoms. The van der Waals surface area contributed by atoms with E-state index in [-0.39, 0.29) is 0 Å². The molecule has 0 saturated heterocycles. The number of hydrogen-bond acceptors (Lipinski definition) is 3. The Kier molecular flexibility index (Phi) is 9.40. The van der Waals surface area contributed by atoms with Crippen molar-refractivity contribution in [2.24, 2.45) is 0 Å². The number of amides is 1. The first-order chi connectivity index (χ1) is 10.6. The van der Waals surface area contributed by atoms with Gasteiger partial charge in [0.15, 0.2) is 0 Å². The second kappa shape index (κ2) is 10.5. The van der Waals surface area contributed by atoms with Gasteiger partial charge in [-0.05, 0) is 0 Å². The fraction of sp³-hybridized carbons (Fsp3) is 0.750. The fourth-order valence-corrected chi connectivity index (χ4v) is 20.8. The number of carboxylic acid groups (broad SMARTS) is 1. The minimum absolute atomic E-state index is 0.549. The molecule has 1 amide bonds. The quantitative estimate of drug-likeness (QED) is 0.467. The first-order valence-electron chi connectivity index (χ1n) is 8.54. The van der Waals surface area contributed by atoms with Crippen molar-refractivity contribution < 1.29 is 9.90 Å². The van der Waals surface area contributed by atoms with E-state index >= 15 is 0 Å². The van der Waals surface area contributed by atoms with Crippen molar-refractivity contribution in [2.75, 3.05) is 5.32 Å². The summed E-state index contributed by atoms with van der Waals surface area (Å²) in [5.41, 5.74) is 0. The summed E-state index contributed by atoms with van der Waals surface area (Å²) in [4.78, 5) is 15.5. The van der Waals surface area contributed by atoms with Crippen LogP contribution in [0.5, 0.6) is 0 Å².